The quantitative estimate of drug-likeness (QED) is 0.796. The Balaban J connectivity index is 1.76. The molecule has 0 radical (unpaired) electrons. The van der Waals surface area contributed by atoms with Gasteiger partial charge in [0, 0.05) is 6.04 Å². The molecule has 98 valence electrons. The summed E-state index contributed by atoms with van der Waals surface area (Å²) >= 11 is 0. The molecular weight excluding hydrogens is 214 g/mol. The third-order valence-electron chi connectivity index (χ3n) is 4.97. The highest BCUT2D eigenvalue weighted by atomic mass is 16.4. The summed E-state index contributed by atoms with van der Waals surface area (Å²) in [6.07, 6.45) is 9.40. The molecule has 3 nitrogen and oxygen atoms in total. The molecule has 2 saturated carbocycles. The summed E-state index contributed by atoms with van der Waals surface area (Å²) in [5.74, 6) is 1.04. The van der Waals surface area contributed by atoms with Gasteiger partial charge in [-0.3, -0.25) is 4.79 Å². The van der Waals surface area contributed by atoms with E-state index in [-0.39, 0.29) is 5.92 Å². The monoisotopic (exact) mass is 239 g/mol. The van der Waals surface area contributed by atoms with Crippen molar-refractivity contribution in [1.82, 2.24) is 5.32 Å². The average Bonchev–Trinajstić information content (AvgIpc) is 2.39. The number of hydrogen-bond donors (Lipinski definition) is 2. The van der Waals surface area contributed by atoms with Crippen LogP contribution in [-0.2, 0) is 4.79 Å². The summed E-state index contributed by atoms with van der Waals surface area (Å²) in [5, 5.41) is 12.4. The van der Waals surface area contributed by atoms with Crippen LogP contribution in [0.1, 0.15) is 51.4 Å². The Kier molecular flexibility index (Phi) is 4.43. The lowest BCUT2D eigenvalue weighted by atomic mass is 9.70. The molecule has 0 spiro atoms. The molecule has 2 N–H and O–H groups in total. The fourth-order valence-electron chi connectivity index (χ4n) is 3.72. The van der Waals surface area contributed by atoms with Gasteiger partial charge in [0.1, 0.15) is 0 Å². The molecule has 0 aromatic heterocycles. The summed E-state index contributed by atoms with van der Waals surface area (Å²) in [6.45, 7) is 0. The molecule has 3 heteroatoms. The number of carboxylic acid groups (broad SMARTS) is 1. The minimum Gasteiger partial charge on any atom is -0.481 e. The highest BCUT2D eigenvalue weighted by Gasteiger charge is 2.32. The van der Waals surface area contributed by atoms with Crippen molar-refractivity contribution in [2.24, 2.45) is 17.8 Å². The first-order chi connectivity index (χ1) is 8.20. The van der Waals surface area contributed by atoms with Gasteiger partial charge in [0.2, 0.25) is 0 Å². The summed E-state index contributed by atoms with van der Waals surface area (Å²) in [6, 6.07) is 0.724. The number of carboxylic acids is 1. The Bertz CT molecular complexity index is 251. The first-order valence-electron chi connectivity index (χ1n) is 7.10. The van der Waals surface area contributed by atoms with Crippen molar-refractivity contribution in [3.63, 3.8) is 0 Å². The van der Waals surface area contributed by atoms with E-state index in [1.54, 1.807) is 0 Å². The second kappa shape index (κ2) is 5.85. The van der Waals surface area contributed by atoms with Crippen LogP contribution in [0.4, 0.5) is 0 Å². The topological polar surface area (TPSA) is 49.3 Å². The van der Waals surface area contributed by atoms with Crippen LogP contribution in [-0.4, -0.2) is 24.2 Å². The van der Waals surface area contributed by atoms with Crippen molar-refractivity contribution in [2.75, 3.05) is 7.05 Å². The van der Waals surface area contributed by atoms with Crippen LogP contribution in [0.15, 0.2) is 0 Å². The largest absolute Gasteiger partial charge is 0.481 e. The smallest absolute Gasteiger partial charge is 0.306 e. The highest BCUT2D eigenvalue weighted by molar-refractivity contribution is 5.69. The molecule has 0 atom stereocenters. The zero-order valence-corrected chi connectivity index (χ0v) is 10.8. The van der Waals surface area contributed by atoms with Crippen LogP contribution < -0.4 is 5.32 Å². The number of aliphatic carboxylic acids is 1. The van der Waals surface area contributed by atoms with E-state index in [2.05, 4.69) is 12.4 Å². The van der Waals surface area contributed by atoms with Crippen molar-refractivity contribution < 1.29 is 9.90 Å². The van der Waals surface area contributed by atoms with Gasteiger partial charge < -0.3 is 10.4 Å². The predicted octanol–water partition coefficient (Wildman–Crippen LogP) is 2.66. The number of carbonyl (C=O) groups is 1. The van der Waals surface area contributed by atoms with Crippen LogP contribution in [0, 0.1) is 17.8 Å². The van der Waals surface area contributed by atoms with E-state index in [0.717, 1.165) is 43.6 Å². The summed E-state index contributed by atoms with van der Waals surface area (Å²) < 4.78 is 0. The highest BCUT2D eigenvalue weighted by Crippen LogP contribution is 2.39. The Labute approximate surface area is 104 Å². The first-order valence-corrected chi connectivity index (χ1v) is 7.10. The van der Waals surface area contributed by atoms with Crippen LogP contribution >= 0.6 is 0 Å². The fraction of sp³-hybridized carbons (Fsp3) is 0.929. The van der Waals surface area contributed by atoms with Gasteiger partial charge in [-0.2, -0.15) is 0 Å². The first kappa shape index (κ1) is 12.9. The molecule has 2 aliphatic rings. The van der Waals surface area contributed by atoms with Gasteiger partial charge in [0.15, 0.2) is 0 Å². The van der Waals surface area contributed by atoms with Crippen LogP contribution in [0.2, 0.25) is 0 Å². The standard InChI is InChI=1S/C14H25NO2/c1-15-13-8-6-11(7-9-13)10-2-4-12(5-3-10)14(16)17/h10-13,15H,2-9H2,1H3,(H,16,17). The van der Waals surface area contributed by atoms with Crippen molar-refractivity contribution >= 4 is 5.97 Å². The maximum atomic E-state index is 10.9. The van der Waals surface area contributed by atoms with Gasteiger partial charge in [-0.25, -0.2) is 0 Å². The maximum absolute atomic E-state index is 10.9. The Morgan fingerprint density at radius 1 is 0.941 bits per heavy atom. The van der Waals surface area contributed by atoms with E-state index < -0.39 is 5.97 Å². The molecule has 2 fully saturated rings. The van der Waals surface area contributed by atoms with Crippen molar-refractivity contribution in [2.45, 2.75) is 57.4 Å². The van der Waals surface area contributed by atoms with Crippen LogP contribution in [0.5, 0.6) is 0 Å². The Hall–Kier alpha value is -0.570. The van der Waals surface area contributed by atoms with Crippen molar-refractivity contribution in [3.05, 3.63) is 0 Å². The molecule has 0 bridgehead atoms. The summed E-state index contributed by atoms with van der Waals surface area (Å²) in [7, 11) is 2.06. The lowest BCUT2D eigenvalue weighted by Crippen LogP contribution is -2.34. The molecule has 0 amide bonds. The molecule has 17 heavy (non-hydrogen) atoms. The van der Waals surface area contributed by atoms with E-state index >= 15 is 0 Å². The average molecular weight is 239 g/mol. The van der Waals surface area contributed by atoms with Gasteiger partial charge in [-0.1, -0.05) is 0 Å². The molecule has 0 aromatic rings. The second-order valence-electron chi connectivity index (χ2n) is 5.85. The molecular formula is C14H25NO2. The van der Waals surface area contributed by atoms with Gasteiger partial charge in [-0.15, -0.1) is 0 Å². The summed E-state index contributed by atoms with van der Waals surface area (Å²) in [5.41, 5.74) is 0. The third kappa shape index (κ3) is 3.21. The minimum atomic E-state index is -0.581. The van der Waals surface area contributed by atoms with E-state index in [1.807, 2.05) is 0 Å². The molecule has 0 aliphatic heterocycles. The zero-order valence-electron chi connectivity index (χ0n) is 10.8. The predicted molar refractivity (Wildman–Crippen MR) is 67.9 cm³/mol. The zero-order chi connectivity index (χ0) is 12.3. The second-order valence-corrected chi connectivity index (χ2v) is 5.85. The maximum Gasteiger partial charge on any atom is 0.306 e. The van der Waals surface area contributed by atoms with Gasteiger partial charge >= 0.3 is 5.97 Å². The number of rotatable bonds is 3. The van der Waals surface area contributed by atoms with E-state index in [9.17, 15) is 4.79 Å². The third-order valence-corrected chi connectivity index (χ3v) is 4.97. The van der Waals surface area contributed by atoms with Crippen LogP contribution in [0.3, 0.4) is 0 Å². The number of nitrogens with one attached hydrogen (secondary N) is 1. The van der Waals surface area contributed by atoms with Crippen molar-refractivity contribution in [1.29, 1.82) is 0 Å². The van der Waals surface area contributed by atoms with E-state index in [0.29, 0.717) is 0 Å². The molecule has 2 aliphatic carbocycles. The molecule has 0 saturated heterocycles. The molecule has 2 rings (SSSR count). The van der Waals surface area contributed by atoms with Crippen molar-refractivity contribution in [3.8, 4) is 0 Å². The van der Waals surface area contributed by atoms with Gasteiger partial charge in [-0.05, 0) is 70.3 Å². The lowest BCUT2D eigenvalue weighted by Gasteiger charge is -2.37. The molecule has 0 aromatic carbocycles. The van der Waals surface area contributed by atoms with Gasteiger partial charge in [0.05, 0.1) is 5.92 Å². The van der Waals surface area contributed by atoms with E-state index in [1.165, 1.54) is 25.7 Å². The molecule has 0 heterocycles. The van der Waals surface area contributed by atoms with Gasteiger partial charge in [0.25, 0.3) is 0 Å². The Morgan fingerprint density at radius 2 is 1.41 bits per heavy atom. The minimum absolute atomic E-state index is 0.0557. The summed E-state index contributed by atoms with van der Waals surface area (Å²) in [4.78, 5) is 10.9. The SMILES string of the molecule is CNC1CCC(C2CCC(C(=O)O)CC2)CC1. The molecule has 0 unspecified atom stereocenters. The normalized spacial score (nSPS) is 38.9. The van der Waals surface area contributed by atoms with E-state index in [4.69, 9.17) is 5.11 Å². The number of hydrogen-bond acceptors (Lipinski definition) is 2. The fourth-order valence-corrected chi connectivity index (χ4v) is 3.72. The lowest BCUT2D eigenvalue weighted by molar-refractivity contribution is -0.143. The van der Waals surface area contributed by atoms with Crippen LogP contribution in [0.25, 0.3) is 0 Å². The Morgan fingerprint density at radius 3 is 1.82 bits per heavy atom.